The third-order valence-corrected chi connectivity index (χ3v) is 4.25. The Hall–Kier alpha value is -0.660. The molecule has 1 aliphatic rings. The minimum absolute atomic E-state index is 0.00505. The van der Waals surface area contributed by atoms with Gasteiger partial charge in [0.25, 0.3) is 0 Å². The van der Waals surface area contributed by atoms with Crippen LogP contribution in [-0.4, -0.2) is 51.2 Å². The maximum atomic E-state index is 11.3. The average molecular weight is 250 g/mol. The van der Waals surface area contributed by atoms with E-state index in [1.54, 1.807) is 0 Å². The Morgan fingerprint density at radius 1 is 1.44 bits per heavy atom. The molecule has 94 valence electrons. The fourth-order valence-electron chi connectivity index (χ4n) is 1.90. The number of nitrogens with zero attached hydrogens (tertiary/aromatic N) is 1. The molecule has 0 saturated carbocycles. The van der Waals surface area contributed by atoms with E-state index in [-0.39, 0.29) is 5.92 Å². The van der Waals surface area contributed by atoms with Gasteiger partial charge in [-0.15, -0.1) is 0 Å². The van der Waals surface area contributed by atoms with Crippen molar-refractivity contribution in [2.75, 3.05) is 26.5 Å². The van der Waals surface area contributed by atoms with Crippen LogP contribution < -0.4 is 5.73 Å². The van der Waals surface area contributed by atoms with E-state index in [1.807, 2.05) is 0 Å². The molecule has 0 radical (unpaired) electrons. The van der Waals surface area contributed by atoms with Crippen molar-refractivity contribution in [3.8, 4) is 0 Å². The first-order chi connectivity index (χ1) is 7.36. The quantitative estimate of drug-likeness (QED) is 0.660. The third kappa shape index (κ3) is 3.16. The lowest BCUT2D eigenvalue weighted by Gasteiger charge is -2.32. The van der Waals surface area contributed by atoms with E-state index in [4.69, 9.17) is 5.73 Å². The number of sulfonamides is 1. The molecule has 2 N–H and O–H groups in total. The summed E-state index contributed by atoms with van der Waals surface area (Å²) in [5.74, 6) is -0.428. The second-order valence-corrected chi connectivity index (χ2v) is 6.03. The SMILES string of the molecule is COC(=O)C(N)C1CCN(S(C)(=O)=O)CC1. The zero-order chi connectivity index (χ0) is 12.3. The molecule has 0 spiro atoms. The summed E-state index contributed by atoms with van der Waals surface area (Å²) in [7, 11) is -1.83. The van der Waals surface area contributed by atoms with Gasteiger partial charge in [-0.1, -0.05) is 0 Å². The average Bonchev–Trinajstić information content (AvgIpc) is 2.26. The molecule has 0 aromatic rings. The second kappa shape index (κ2) is 5.11. The molecule has 0 amide bonds. The molecular formula is C9H18N2O4S. The molecule has 1 atom stereocenters. The van der Waals surface area contributed by atoms with Crippen LogP contribution in [-0.2, 0) is 19.6 Å². The molecule has 1 fully saturated rings. The van der Waals surface area contributed by atoms with Crippen LogP contribution in [0.3, 0.4) is 0 Å². The standard InChI is InChI=1S/C9H18N2O4S/c1-15-9(12)8(10)7-3-5-11(6-4-7)16(2,13)14/h7-8H,3-6,10H2,1-2H3. The van der Waals surface area contributed by atoms with Gasteiger partial charge in [0.1, 0.15) is 6.04 Å². The summed E-state index contributed by atoms with van der Waals surface area (Å²) in [4.78, 5) is 11.2. The lowest BCUT2D eigenvalue weighted by Crippen LogP contribution is -2.46. The van der Waals surface area contributed by atoms with Crippen LogP contribution in [0.15, 0.2) is 0 Å². The zero-order valence-corrected chi connectivity index (χ0v) is 10.4. The first kappa shape index (κ1) is 13.4. The van der Waals surface area contributed by atoms with Crippen LogP contribution in [0.5, 0.6) is 0 Å². The van der Waals surface area contributed by atoms with E-state index in [9.17, 15) is 13.2 Å². The lowest BCUT2D eigenvalue weighted by atomic mass is 9.91. The lowest BCUT2D eigenvalue weighted by molar-refractivity contribution is -0.143. The molecular weight excluding hydrogens is 232 g/mol. The molecule has 0 aromatic heterocycles. The molecule has 0 aromatic carbocycles. The van der Waals surface area contributed by atoms with Gasteiger partial charge in [0, 0.05) is 13.1 Å². The van der Waals surface area contributed by atoms with E-state index < -0.39 is 22.0 Å². The van der Waals surface area contributed by atoms with E-state index >= 15 is 0 Å². The van der Waals surface area contributed by atoms with Gasteiger partial charge in [-0.05, 0) is 18.8 Å². The van der Waals surface area contributed by atoms with Crippen molar-refractivity contribution >= 4 is 16.0 Å². The summed E-state index contributed by atoms with van der Waals surface area (Å²) in [5.41, 5.74) is 5.71. The summed E-state index contributed by atoms with van der Waals surface area (Å²) < 4.78 is 28.5. The first-order valence-electron chi connectivity index (χ1n) is 5.14. The molecule has 6 nitrogen and oxygen atoms in total. The molecule has 1 rings (SSSR count). The van der Waals surface area contributed by atoms with Gasteiger partial charge in [0.05, 0.1) is 13.4 Å². The van der Waals surface area contributed by atoms with E-state index in [2.05, 4.69) is 4.74 Å². The van der Waals surface area contributed by atoms with Crippen molar-refractivity contribution in [1.82, 2.24) is 4.31 Å². The molecule has 0 bridgehead atoms. The zero-order valence-electron chi connectivity index (χ0n) is 9.55. The molecule has 16 heavy (non-hydrogen) atoms. The van der Waals surface area contributed by atoms with Gasteiger partial charge in [0.2, 0.25) is 10.0 Å². The molecule has 1 saturated heterocycles. The predicted molar refractivity (Wildman–Crippen MR) is 59.1 cm³/mol. The van der Waals surface area contributed by atoms with E-state index in [0.717, 1.165) is 0 Å². The number of methoxy groups -OCH3 is 1. The number of rotatable bonds is 3. The number of ether oxygens (including phenoxy) is 1. The Labute approximate surface area is 95.8 Å². The summed E-state index contributed by atoms with van der Waals surface area (Å²) in [6.07, 6.45) is 2.39. The molecule has 1 unspecified atom stereocenters. The number of hydrogen-bond donors (Lipinski definition) is 1. The number of nitrogens with two attached hydrogens (primary N) is 1. The van der Waals surface area contributed by atoms with Crippen LogP contribution in [0.25, 0.3) is 0 Å². The molecule has 7 heteroatoms. The third-order valence-electron chi connectivity index (χ3n) is 2.95. The highest BCUT2D eigenvalue weighted by molar-refractivity contribution is 7.88. The van der Waals surface area contributed by atoms with Crippen molar-refractivity contribution in [2.24, 2.45) is 11.7 Å². The van der Waals surface area contributed by atoms with Crippen LogP contribution in [0.4, 0.5) is 0 Å². The number of carbonyl (C=O) groups is 1. The van der Waals surface area contributed by atoms with Crippen molar-refractivity contribution in [3.63, 3.8) is 0 Å². The Bertz CT molecular complexity index is 347. The van der Waals surface area contributed by atoms with Gasteiger partial charge >= 0.3 is 5.97 Å². The Balaban J connectivity index is 2.52. The van der Waals surface area contributed by atoms with Crippen molar-refractivity contribution in [1.29, 1.82) is 0 Å². The Morgan fingerprint density at radius 3 is 2.31 bits per heavy atom. The van der Waals surface area contributed by atoms with Gasteiger partial charge < -0.3 is 10.5 Å². The van der Waals surface area contributed by atoms with Crippen molar-refractivity contribution < 1.29 is 17.9 Å². The highest BCUT2D eigenvalue weighted by atomic mass is 32.2. The van der Waals surface area contributed by atoms with Crippen LogP contribution >= 0.6 is 0 Å². The van der Waals surface area contributed by atoms with Crippen LogP contribution in [0.2, 0.25) is 0 Å². The van der Waals surface area contributed by atoms with Gasteiger partial charge in [0.15, 0.2) is 0 Å². The van der Waals surface area contributed by atoms with Crippen molar-refractivity contribution in [2.45, 2.75) is 18.9 Å². The van der Waals surface area contributed by atoms with Crippen molar-refractivity contribution in [3.05, 3.63) is 0 Å². The highest BCUT2D eigenvalue weighted by Gasteiger charge is 2.31. The van der Waals surface area contributed by atoms with Crippen LogP contribution in [0, 0.1) is 5.92 Å². The van der Waals surface area contributed by atoms with Gasteiger partial charge in [-0.25, -0.2) is 12.7 Å². The molecule has 1 aliphatic heterocycles. The fourth-order valence-corrected chi connectivity index (χ4v) is 2.77. The molecule has 0 aliphatic carbocycles. The Kier molecular flexibility index (Phi) is 4.28. The number of esters is 1. The first-order valence-corrected chi connectivity index (χ1v) is 6.99. The predicted octanol–water partition coefficient (Wildman–Crippen LogP) is -0.842. The maximum absolute atomic E-state index is 11.3. The minimum Gasteiger partial charge on any atom is -0.468 e. The summed E-state index contributed by atoms with van der Waals surface area (Å²) >= 11 is 0. The summed E-state index contributed by atoms with van der Waals surface area (Å²) in [6.45, 7) is 0.850. The number of carbonyl (C=O) groups excluding carboxylic acids is 1. The second-order valence-electron chi connectivity index (χ2n) is 4.05. The normalized spacial score (nSPS) is 21.7. The maximum Gasteiger partial charge on any atom is 0.322 e. The minimum atomic E-state index is -3.12. The highest BCUT2D eigenvalue weighted by Crippen LogP contribution is 2.21. The fraction of sp³-hybridized carbons (Fsp3) is 0.889. The van der Waals surface area contributed by atoms with E-state index in [1.165, 1.54) is 17.7 Å². The number of piperidine rings is 1. The Morgan fingerprint density at radius 2 is 1.94 bits per heavy atom. The van der Waals surface area contributed by atoms with Crippen LogP contribution in [0.1, 0.15) is 12.8 Å². The summed E-state index contributed by atoms with van der Waals surface area (Å²) in [5, 5.41) is 0. The largest absolute Gasteiger partial charge is 0.468 e. The van der Waals surface area contributed by atoms with Gasteiger partial charge in [-0.3, -0.25) is 4.79 Å². The monoisotopic (exact) mass is 250 g/mol. The molecule has 1 heterocycles. The van der Waals surface area contributed by atoms with Gasteiger partial charge in [-0.2, -0.15) is 0 Å². The number of hydrogen-bond acceptors (Lipinski definition) is 5. The smallest absolute Gasteiger partial charge is 0.322 e. The van der Waals surface area contributed by atoms with E-state index in [0.29, 0.717) is 25.9 Å². The summed E-state index contributed by atoms with van der Waals surface area (Å²) in [6, 6.07) is -0.647. The topological polar surface area (TPSA) is 89.7 Å².